The second kappa shape index (κ2) is 12.8. The Labute approximate surface area is 148 Å². The number of hydrogen-bond acceptors (Lipinski definition) is 6. The van der Waals surface area contributed by atoms with E-state index >= 15 is 0 Å². The second-order valence-corrected chi connectivity index (χ2v) is 8.45. The van der Waals surface area contributed by atoms with E-state index < -0.39 is 15.6 Å². The zero-order valence-electron chi connectivity index (χ0n) is 14.5. The molecule has 0 aliphatic heterocycles. The molecule has 0 aromatic rings. The molecule has 0 rings (SSSR count). The van der Waals surface area contributed by atoms with Crippen LogP contribution in [0.3, 0.4) is 0 Å². The van der Waals surface area contributed by atoms with Crippen LogP contribution < -0.4 is 0 Å². The van der Waals surface area contributed by atoms with Crippen molar-refractivity contribution < 1.29 is 42.2 Å². The molecule has 9 nitrogen and oxygen atoms in total. The van der Waals surface area contributed by atoms with Gasteiger partial charge in [0.2, 0.25) is 0 Å². The molecule has 0 amide bonds. The number of phosphoric ester groups is 1. The number of phosphoric acid groups is 2. The maximum Gasteiger partial charge on any atom is 0.481 e. The molecule has 0 saturated carbocycles. The van der Waals surface area contributed by atoms with Crippen LogP contribution in [0.15, 0.2) is 12.2 Å². The Morgan fingerprint density at radius 1 is 0.880 bits per heavy atom. The number of ether oxygens (including phenoxy) is 1. The highest BCUT2D eigenvalue weighted by Gasteiger charge is 2.31. The van der Waals surface area contributed by atoms with Crippen molar-refractivity contribution in [3.63, 3.8) is 0 Å². The molecule has 0 aromatic carbocycles. The minimum Gasteiger partial charge on any atom is -0.462 e. The highest BCUT2D eigenvalue weighted by molar-refractivity contribution is 7.60. The summed E-state index contributed by atoms with van der Waals surface area (Å²) in [4.78, 5) is 37.0. The van der Waals surface area contributed by atoms with Crippen molar-refractivity contribution in [2.45, 2.75) is 58.3 Å². The van der Waals surface area contributed by atoms with Gasteiger partial charge in [-0.25, -0.2) is 13.9 Å². The molecule has 0 aliphatic carbocycles. The summed E-state index contributed by atoms with van der Waals surface area (Å²) in [5, 5.41) is 0. The summed E-state index contributed by atoms with van der Waals surface area (Å²) < 4.78 is 34.7. The number of rotatable bonds is 15. The smallest absolute Gasteiger partial charge is 0.462 e. The molecule has 0 saturated heterocycles. The van der Waals surface area contributed by atoms with Gasteiger partial charge in [-0.3, -0.25) is 4.52 Å². The van der Waals surface area contributed by atoms with Gasteiger partial charge < -0.3 is 19.4 Å². The molecule has 0 radical (unpaired) electrons. The second-order valence-electron chi connectivity index (χ2n) is 5.62. The molecule has 3 N–H and O–H groups in total. The summed E-state index contributed by atoms with van der Waals surface area (Å²) in [6.07, 6.45) is 7.04. The fourth-order valence-corrected chi connectivity index (χ4v) is 3.51. The van der Waals surface area contributed by atoms with Crippen molar-refractivity contribution in [1.29, 1.82) is 0 Å². The number of unbranched alkanes of at least 4 members (excludes halogenated alkanes) is 7. The van der Waals surface area contributed by atoms with Gasteiger partial charge in [0.25, 0.3) is 0 Å². The van der Waals surface area contributed by atoms with Crippen LogP contribution in [-0.4, -0.2) is 33.9 Å². The Morgan fingerprint density at radius 2 is 1.32 bits per heavy atom. The predicted molar refractivity (Wildman–Crippen MR) is 91.6 cm³/mol. The van der Waals surface area contributed by atoms with Gasteiger partial charge >= 0.3 is 21.6 Å². The molecule has 25 heavy (non-hydrogen) atoms. The lowest BCUT2D eigenvalue weighted by Gasteiger charge is -2.12. The lowest BCUT2D eigenvalue weighted by atomic mass is 10.1. The van der Waals surface area contributed by atoms with Crippen LogP contribution in [-0.2, 0) is 27.5 Å². The average molecular weight is 402 g/mol. The highest BCUT2D eigenvalue weighted by atomic mass is 31.3. The minimum absolute atomic E-state index is 0.109. The zero-order valence-corrected chi connectivity index (χ0v) is 16.3. The SMILES string of the molecule is C=C(C)C(=O)OCCCCCCCCCCOP(=O)(O)OP(=O)(O)O. The summed E-state index contributed by atoms with van der Waals surface area (Å²) in [5.74, 6) is -0.360. The third-order valence-electron chi connectivity index (χ3n) is 3.08. The van der Waals surface area contributed by atoms with Gasteiger partial charge in [-0.15, -0.1) is 0 Å². The highest BCUT2D eigenvalue weighted by Crippen LogP contribution is 2.57. The molecule has 0 aromatic heterocycles. The van der Waals surface area contributed by atoms with Crippen molar-refractivity contribution in [1.82, 2.24) is 0 Å². The number of esters is 1. The van der Waals surface area contributed by atoms with E-state index in [2.05, 4.69) is 15.4 Å². The van der Waals surface area contributed by atoms with Crippen molar-refractivity contribution in [3.05, 3.63) is 12.2 Å². The van der Waals surface area contributed by atoms with E-state index in [1.807, 2.05) is 0 Å². The standard InChI is InChI=1S/C14H28O9P2/c1-13(2)14(15)21-11-9-7-5-3-4-6-8-10-12-22-25(19,20)23-24(16,17)18/h1,3-12H2,2H3,(H,19,20)(H2,16,17,18). The quantitative estimate of drug-likeness (QED) is 0.163. The lowest BCUT2D eigenvalue weighted by Crippen LogP contribution is -2.05. The van der Waals surface area contributed by atoms with E-state index in [0.29, 0.717) is 18.6 Å². The molecule has 0 fully saturated rings. The Balaban J connectivity index is 3.42. The summed E-state index contributed by atoms with van der Waals surface area (Å²) in [6, 6.07) is 0. The summed E-state index contributed by atoms with van der Waals surface area (Å²) in [6.45, 7) is 5.40. The van der Waals surface area contributed by atoms with Gasteiger partial charge in [0, 0.05) is 5.57 Å². The fourth-order valence-electron chi connectivity index (χ4n) is 1.89. The fraction of sp³-hybridized carbons (Fsp3) is 0.786. The van der Waals surface area contributed by atoms with E-state index in [-0.39, 0.29) is 12.6 Å². The Kier molecular flexibility index (Phi) is 12.5. The van der Waals surface area contributed by atoms with E-state index in [9.17, 15) is 13.9 Å². The predicted octanol–water partition coefficient (Wildman–Crippen LogP) is 3.45. The Morgan fingerprint density at radius 3 is 1.76 bits per heavy atom. The Hall–Kier alpha value is -0.530. The number of carbonyl (C=O) groups excluding carboxylic acids is 1. The molecule has 0 bridgehead atoms. The number of hydrogen-bond donors (Lipinski definition) is 3. The van der Waals surface area contributed by atoms with Crippen LogP contribution in [0.4, 0.5) is 0 Å². The van der Waals surface area contributed by atoms with E-state index in [4.69, 9.17) is 19.4 Å². The summed E-state index contributed by atoms with van der Waals surface area (Å²) in [5.41, 5.74) is 0.398. The van der Waals surface area contributed by atoms with Crippen LogP contribution in [0.5, 0.6) is 0 Å². The monoisotopic (exact) mass is 402 g/mol. The normalized spacial score (nSPS) is 14.1. The van der Waals surface area contributed by atoms with Gasteiger partial charge in [-0.05, 0) is 19.8 Å². The first kappa shape index (κ1) is 24.5. The van der Waals surface area contributed by atoms with Crippen LogP contribution in [0.25, 0.3) is 0 Å². The molecule has 1 unspecified atom stereocenters. The molecule has 0 heterocycles. The molecule has 0 aliphatic rings. The first-order valence-electron chi connectivity index (χ1n) is 8.10. The lowest BCUT2D eigenvalue weighted by molar-refractivity contribution is -0.139. The van der Waals surface area contributed by atoms with Crippen LogP contribution in [0.1, 0.15) is 58.3 Å². The molecule has 148 valence electrons. The third kappa shape index (κ3) is 16.7. The van der Waals surface area contributed by atoms with Gasteiger partial charge in [-0.2, -0.15) is 4.31 Å². The van der Waals surface area contributed by atoms with E-state index in [1.165, 1.54) is 0 Å². The maximum absolute atomic E-state index is 11.2. The van der Waals surface area contributed by atoms with Crippen LogP contribution in [0.2, 0.25) is 0 Å². The largest absolute Gasteiger partial charge is 0.481 e. The molecular weight excluding hydrogens is 374 g/mol. The topological polar surface area (TPSA) is 140 Å². The molecule has 0 spiro atoms. The van der Waals surface area contributed by atoms with Crippen LogP contribution in [0, 0.1) is 0 Å². The third-order valence-corrected chi connectivity index (χ3v) is 5.27. The summed E-state index contributed by atoms with van der Waals surface area (Å²) >= 11 is 0. The van der Waals surface area contributed by atoms with Gasteiger partial charge in [0.05, 0.1) is 13.2 Å². The van der Waals surface area contributed by atoms with E-state index in [1.54, 1.807) is 6.92 Å². The van der Waals surface area contributed by atoms with E-state index in [0.717, 1.165) is 44.9 Å². The first-order valence-corrected chi connectivity index (χ1v) is 11.1. The van der Waals surface area contributed by atoms with Crippen molar-refractivity contribution in [2.75, 3.05) is 13.2 Å². The molecule has 11 heteroatoms. The Bertz CT molecular complexity index is 501. The van der Waals surface area contributed by atoms with Gasteiger partial charge in [-0.1, -0.05) is 45.1 Å². The van der Waals surface area contributed by atoms with Crippen molar-refractivity contribution >= 4 is 21.6 Å². The number of carbonyl (C=O) groups is 1. The van der Waals surface area contributed by atoms with Crippen molar-refractivity contribution in [2.24, 2.45) is 0 Å². The molecular formula is C14H28O9P2. The summed E-state index contributed by atoms with van der Waals surface area (Å²) in [7, 11) is -9.76. The van der Waals surface area contributed by atoms with Crippen LogP contribution >= 0.6 is 15.6 Å². The van der Waals surface area contributed by atoms with Gasteiger partial charge in [0.15, 0.2) is 0 Å². The maximum atomic E-state index is 11.2. The van der Waals surface area contributed by atoms with Gasteiger partial charge in [0.1, 0.15) is 0 Å². The van der Waals surface area contributed by atoms with Crippen molar-refractivity contribution in [3.8, 4) is 0 Å². The first-order chi connectivity index (χ1) is 11.5. The zero-order chi connectivity index (χ0) is 19.3. The molecule has 1 atom stereocenters. The average Bonchev–Trinajstić information content (AvgIpc) is 2.45. The minimum atomic E-state index is -5.05.